The average molecular weight is 455 g/mol. The Morgan fingerprint density at radius 2 is 1.36 bits per heavy atom. The first kappa shape index (κ1) is 24.7. The van der Waals surface area contributed by atoms with E-state index in [0.717, 1.165) is 41.0 Å². The summed E-state index contributed by atoms with van der Waals surface area (Å²) < 4.78 is 28.8. The van der Waals surface area contributed by atoms with Crippen molar-refractivity contribution in [2.24, 2.45) is 23.7 Å². The normalized spacial score (nSPS) is 26.1. The summed E-state index contributed by atoms with van der Waals surface area (Å²) in [5, 5.41) is 1.26. The van der Waals surface area contributed by atoms with Crippen LogP contribution >= 0.6 is 0 Å². The number of fused-ring (bicyclic) bond motifs is 1. The van der Waals surface area contributed by atoms with Gasteiger partial charge in [-0.25, -0.2) is 8.78 Å². The first-order valence-electron chi connectivity index (χ1n) is 14.0. The van der Waals surface area contributed by atoms with Gasteiger partial charge >= 0.3 is 0 Å². The number of unbranched alkanes of at least 4 members (excludes halogenated alkanes) is 2. The van der Waals surface area contributed by atoms with E-state index < -0.39 is 11.6 Å². The molecule has 33 heavy (non-hydrogen) atoms. The van der Waals surface area contributed by atoms with Gasteiger partial charge < -0.3 is 0 Å². The molecule has 0 atom stereocenters. The molecule has 2 aromatic rings. The summed E-state index contributed by atoms with van der Waals surface area (Å²) in [6, 6.07) is 7.78. The average Bonchev–Trinajstić information content (AvgIpc) is 2.86. The minimum absolute atomic E-state index is 0.441. The lowest BCUT2D eigenvalue weighted by atomic mass is 9.68. The van der Waals surface area contributed by atoms with Crippen molar-refractivity contribution in [3.8, 4) is 0 Å². The lowest BCUT2D eigenvalue weighted by Gasteiger charge is -2.38. The molecule has 0 radical (unpaired) electrons. The van der Waals surface area contributed by atoms with Crippen molar-refractivity contribution in [1.29, 1.82) is 0 Å². The number of aryl methyl sites for hydroxylation is 2. The molecule has 0 unspecified atom stereocenters. The Kier molecular flexibility index (Phi) is 8.83. The molecule has 0 aromatic heterocycles. The van der Waals surface area contributed by atoms with Crippen molar-refractivity contribution in [2.75, 3.05) is 0 Å². The maximum Gasteiger partial charge on any atom is 0.166 e. The van der Waals surface area contributed by atoms with Crippen LogP contribution in [0.1, 0.15) is 108 Å². The fourth-order valence-corrected chi connectivity index (χ4v) is 6.79. The van der Waals surface area contributed by atoms with Crippen molar-refractivity contribution < 1.29 is 8.78 Å². The topological polar surface area (TPSA) is 0 Å². The van der Waals surface area contributed by atoms with Gasteiger partial charge in [0.25, 0.3) is 0 Å². The zero-order valence-electron chi connectivity index (χ0n) is 21.0. The summed E-state index contributed by atoms with van der Waals surface area (Å²) in [6.45, 7) is 4.17. The summed E-state index contributed by atoms with van der Waals surface area (Å²) in [5.74, 6) is 2.41. The second-order valence-electron chi connectivity index (χ2n) is 11.2. The Bertz CT molecular complexity index is 885. The minimum Gasteiger partial charge on any atom is -0.203 e. The Hall–Kier alpha value is -1.44. The van der Waals surface area contributed by atoms with Crippen LogP contribution in [0.5, 0.6) is 0 Å². The van der Waals surface area contributed by atoms with Gasteiger partial charge in [0, 0.05) is 5.39 Å². The maximum atomic E-state index is 14.6. The van der Waals surface area contributed by atoms with Crippen LogP contribution in [0.25, 0.3) is 10.8 Å². The number of hydrogen-bond acceptors (Lipinski definition) is 0. The zero-order chi connectivity index (χ0) is 23.2. The molecular formula is C31H44F2. The molecule has 4 rings (SSSR count). The van der Waals surface area contributed by atoms with Gasteiger partial charge in [0.2, 0.25) is 0 Å². The van der Waals surface area contributed by atoms with Gasteiger partial charge in [0.05, 0.1) is 0 Å². The highest BCUT2D eigenvalue weighted by Gasteiger charge is 2.30. The van der Waals surface area contributed by atoms with Gasteiger partial charge in [-0.3, -0.25) is 0 Å². The smallest absolute Gasteiger partial charge is 0.166 e. The van der Waals surface area contributed by atoms with Crippen LogP contribution in [0.4, 0.5) is 8.78 Å². The third kappa shape index (κ3) is 6.17. The monoisotopic (exact) mass is 454 g/mol. The standard InChI is InChI=1S/C31H44F2/c1-3-5-6-7-22-10-15-26(16-11-22)27-17-12-23(13-18-27)8-9-24-14-19-28-21-25(4-2)30(32)31(33)29(28)20-24/h14,19-23,26-27H,3-13,15-18H2,1-2H3. The molecule has 0 bridgehead atoms. The third-order valence-corrected chi connectivity index (χ3v) is 9.05. The molecule has 0 heterocycles. The van der Waals surface area contributed by atoms with Crippen LogP contribution in [-0.4, -0.2) is 0 Å². The van der Waals surface area contributed by atoms with E-state index in [4.69, 9.17) is 0 Å². The van der Waals surface area contributed by atoms with E-state index in [2.05, 4.69) is 13.0 Å². The molecule has 2 aliphatic carbocycles. The second kappa shape index (κ2) is 11.8. The third-order valence-electron chi connectivity index (χ3n) is 9.05. The van der Waals surface area contributed by atoms with E-state index >= 15 is 0 Å². The van der Waals surface area contributed by atoms with Crippen molar-refractivity contribution in [2.45, 2.75) is 110 Å². The highest BCUT2D eigenvalue weighted by molar-refractivity contribution is 5.84. The zero-order valence-corrected chi connectivity index (χ0v) is 21.0. The summed E-state index contributed by atoms with van der Waals surface area (Å²) in [6.07, 6.45) is 19.8. The molecular weight excluding hydrogens is 410 g/mol. The van der Waals surface area contributed by atoms with Crippen LogP contribution in [-0.2, 0) is 12.8 Å². The highest BCUT2D eigenvalue weighted by atomic mass is 19.2. The van der Waals surface area contributed by atoms with Crippen molar-refractivity contribution in [3.05, 3.63) is 47.0 Å². The van der Waals surface area contributed by atoms with Crippen LogP contribution < -0.4 is 0 Å². The Balaban J connectivity index is 1.23. The maximum absolute atomic E-state index is 14.6. The van der Waals surface area contributed by atoms with E-state index in [9.17, 15) is 8.78 Å². The SMILES string of the molecule is CCCCCC1CCC(C2CCC(CCc3ccc4cc(CC)c(F)c(F)c4c3)CC2)CC1. The van der Waals surface area contributed by atoms with Crippen molar-refractivity contribution >= 4 is 10.8 Å². The van der Waals surface area contributed by atoms with Crippen LogP contribution in [0, 0.1) is 35.3 Å². The van der Waals surface area contributed by atoms with E-state index in [1.807, 2.05) is 19.1 Å². The van der Waals surface area contributed by atoms with E-state index in [1.165, 1.54) is 83.5 Å². The van der Waals surface area contributed by atoms with Gasteiger partial charge in [-0.1, -0.05) is 77.3 Å². The van der Waals surface area contributed by atoms with Gasteiger partial charge in [-0.05, 0) is 97.3 Å². The number of benzene rings is 2. The lowest BCUT2D eigenvalue weighted by Crippen LogP contribution is -2.26. The lowest BCUT2D eigenvalue weighted by molar-refractivity contribution is 0.140. The van der Waals surface area contributed by atoms with Gasteiger partial charge in [-0.15, -0.1) is 0 Å². The second-order valence-corrected chi connectivity index (χ2v) is 11.2. The van der Waals surface area contributed by atoms with E-state index in [1.54, 1.807) is 6.07 Å². The van der Waals surface area contributed by atoms with Gasteiger partial charge in [-0.2, -0.15) is 0 Å². The predicted molar refractivity (Wildman–Crippen MR) is 137 cm³/mol. The Labute approximate surface area is 200 Å². The number of rotatable bonds is 9. The Morgan fingerprint density at radius 3 is 1.97 bits per heavy atom. The summed E-state index contributed by atoms with van der Waals surface area (Å²) >= 11 is 0. The molecule has 0 N–H and O–H groups in total. The van der Waals surface area contributed by atoms with Crippen LogP contribution in [0.15, 0.2) is 24.3 Å². The molecule has 0 amide bonds. The molecule has 0 aliphatic heterocycles. The fraction of sp³-hybridized carbons (Fsp3) is 0.677. The molecule has 2 aromatic carbocycles. The predicted octanol–water partition coefficient (Wildman–Crippen LogP) is 9.81. The first-order chi connectivity index (χ1) is 16.1. The summed E-state index contributed by atoms with van der Waals surface area (Å²) in [7, 11) is 0. The molecule has 0 spiro atoms. The highest BCUT2D eigenvalue weighted by Crippen LogP contribution is 2.43. The first-order valence-corrected chi connectivity index (χ1v) is 14.0. The van der Waals surface area contributed by atoms with Crippen LogP contribution in [0.3, 0.4) is 0 Å². The number of hydrogen-bond donors (Lipinski definition) is 0. The van der Waals surface area contributed by atoms with Gasteiger partial charge in [0.15, 0.2) is 11.6 Å². The van der Waals surface area contributed by atoms with Crippen LogP contribution in [0.2, 0.25) is 0 Å². The molecule has 2 heteroatoms. The molecule has 2 fully saturated rings. The van der Waals surface area contributed by atoms with E-state index in [0.29, 0.717) is 17.4 Å². The quantitative estimate of drug-likeness (QED) is 0.331. The molecule has 0 nitrogen and oxygen atoms in total. The fourth-order valence-electron chi connectivity index (χ4n) is 6.79. The van der Waals surface area contributed by atoms with Gasteiger partial charge in [0.1, 0.15) is 0 Å². The molecule has 2 saturated carbocycles. The van der Waals surface area contributed by atoms with Crippen molar-refractivity contribution in [3.63, 3.8) is 0 Å². The van der Waals surface area contributed by atoms with Crippen molar-refractivity contribution in [1.82, 2.24) is 0 Å². The van der Waals surface area contributed by atoms with E-state index in [-0.39, 0.29) is 0 Å². The summed E-state index contributed by atoms with van der Waals surface area (Å²) in [5.41, 5.74) is 1.61. The number of halogens is 2. The largest absolute Gasteiger partial charge is 0.203 e. The minimum atomic E-state index is -0.674. The molecule has 182 valence electrons. The molecule has 0 saturated heterocycles. The molecule has 2 aliphatic rings. The Morgan fingerprint density at radius 1 is 0.727 bits per heavy atom. The summed E-state index contributed by atoms with van der Waals surface area (Å²) in [4.78, 5) is 0.